The van der Waals surface area contributed by atoms with Crippen molar-refractivity contribution in [2.45, 2.75) is 6.92 Å². The number of hydrogen-bond acceptors (Lipinski definition) is 5. The minimum absolute atomic E-state index is 0.265. The first-order chi connectivity index (χ1) is 10.0. The van der Waals surface area contributed by atoms with Gasteiger partial charge in [-0.2, -0.15) is 0 Å². The van der Waals surface area contributed by atoms with Crippen molar-refractivity contribution in [2.75, 3.05) is 20.0 Å². The second-order valence-corrected chi connectivity index (χ2v) is 4.50. The van der Waals surface area contributed by atoms with Crippen molar-refractivity contribution in [3.8, 4) is 17.2 Å². The van der Waals surface area contributed by atoms with Gasteiger partial charge in [0.2, 0.25) is 0 Å². The fourth-order valence-corrected chi connectivity index (χ4v) is 1.87. The van der Waals surface area contributed by atoms with Gasteiger partial charge in [0.25, 0.3) is 0 Å². The van der Waals surface area contributed by atoms with Crippen molar-refractivity contribution in [1.29, 1.82) is 0 Å². The van der Waals surface area contributed by atoms with Crippen LogP contribution in [0.15, 0.2) is 36.4 Å². The Morgan fingerprint density at radius 1 is 1.05 bits per heavy atom. The van der Waals surface area contributed by atoms with E-state index < -0.39 is 5.97 Å². The summed E-state index contributed by atoms with van der Waals surface area (Å²) in [6.07, 6.45) is 0. The number of methoxy groups -OCH3 is 2. The SMILES string of the molecule is COC(=O)c1cc(Oc2ccc(C)cc2OC)ccc1N. The number of benzene rings is 2. The second-order valence-electron chi connectivity index (χ2n) is 4.50. The average Bonchev–Trinajstić information content (AvgIpc) is 2.50. The molecule has 0 aliphatic carbocycles. The molecule has 0 saturated heterocycles. The molecular weight excluding hydrogens is 270 g/mol. The maximum absolute atomic E-state index is 11.6. The van der Waals surface area contributed by atoms with Crippen LogP contribution in [0.2, 0.25) is 0 Å². The van der Waals surface area contributed by atoms with Gasteiger partial charge in [-0.25, -0.2) is 4.79 Å². The van der Waals surface area contributed by atoms with Crippen molar-refractivity contribution in [2.24, 2.45) is 0 Å². The molecule has 0 heterocycles. The molecule has 0 radical (unpaired) electrons. The molecule has 0 atom stereocenters. The third-order valence-corrected chi connectivity index (χ3v) is 2.98. The van der Waals surface area contributed by atoms with E-state index in [9.17, 15) is 4.79 Å². The smallest absolute Gasteiger partial charge is 0.340 e. The molecule has 21 heavy (non-hydrogen) atoms. The Hall–Kier alpha value is -2.69. The number of ether oxygens (including phenoxy) is 3. The second kappa shape index (κ2) is 6.17. The monoisotopic (exact) mass is 287 g/mol. The van der Waals surface area contributed by atoms with Crippen LogP contribution < -0.4 is 15.2 Å². The number of anilines is 1. The molecule has 0 aromatic heterocycles. The normalized spacial score (nSPS) is 10.0. The van der Waals surface area contributed by atoms with Crippen LogP contribution in [0.4, 0.5) is 5.69 Å². The van der Waals surface area contributed by atoms with Crippen LogP contribution in [0.25, 0.3) is 0 Å². The number of aryl methyl sites for hydroxylation is 1. The Kier molecular flexibility index (Phi) is 4.33. The standard InChI is InChI=1S/C16H17NO4/c1-10-4-7-14(15(8-10)19-2)21-11-5-6-13(17)12(9-11)16(18)20-3/h4-9H,17H2,1-3H3. The number of hydrogen-bond donors (Lipinski definition) is 1. The topological polar surface area (TPSA) is 70.8 Å². The highest BCUT2D eigenvalue weighted by molar-refractivity contribution is 5.95. The molecule has 0 saturated carbocycles. The molecule has 2 aromatic carbocycles. The van der Waals surface area contributed by atoms with Gasteiger partial charge in [-0.15, -0.1) is 0 Å². The van der Waals surface area contributed by atoms with Crippen LogP contribution in [0.3, 0.4) is 0 Å². The quantitative estimate of drug-likeness (QED) is 0.691. The predicted octanol–water partition coefficient (Wildman–Crippen LogP) is 3.16. The Morgan fingerprint density at radius 2 is 1.81 bits per heavy atom. The summed E-state index contributed by atoms with van der Waals surface area (Å²) >= 11 is 0. The zero-order chi connectivity index (χ0) is 15.4. The summed E-state index contributed by atoms with van der Waals surface area (Å²) < 4.78 is 15.7. The summed E-state index contributed by atoms with van der Waals surface area (Å²) in [5, 5.41) is 0. The molecule has 5 nitrogen and oxygen atoms in total. The number of carbonyl (C=O) groups is 1. The lowest BCUT2D eigenvalue weighted by Crippen LogP contribution is -2.05. The summed E-state index contributed by atoms with van der Waals surface area (Å²) in [6, 6.07) is 10.4. The fraction of sp³-hybridized carbons (Fsp3) is 0.188. The predicted molar refractivity (Wildman–Crippen MR) is 80.0 cm³/mol. The first kappa shape index (κ1) is 14.7. The Morgan fingerprint density at radius 3 is 2.48 bits per heavy atom. The lowest BCUT2D eigenvalue weighted by Gasteiger charge is -2.12. The molecule has 0 aliphatic heterocycles. The van der Waals surface area contributed by atoms with Crippen LogP contribution in [-0.4, -0.2) is 20.2 Å². The van der Waals surface area contributed by atoms with E-state index in [4.69, 9.17) is 15.2 Å². The van der Waals surface area contributed by atoms with E-state index in [0.717, 1.165) is 5.56 Å². The summed E-state index contributed by atoms with van der Waals surface area (Å²) in [7, 11) is 2.88. The van der Waals surface area contributed by atoms with Crippen LogP contribution in [0, 0.1) is 6.92 Å². The van der Waals surface area contributed by atoms with Crippen LogP contribution in [0.1, 0.15) is 15.9 Å². The van der Waals surface area contributed by atoms with Crippen molar-refractivity contribution >= 4 is 11.7 Å². The fourth-order valence-electron chi connectivity index (χ4n) is 1.87. The first-order valence-corrected chi connectivity index (χ1v) is 6.35. The zero-order valence-electron chi connectivity index (χ0n) is 12.2. The van der Waals surface area contributed by atoms with Crippen LogP contribution >= 0.6 is 0 Å². The van der Waals surface area contributed by atoms with E-state index in [1.54, 1.807) is 25.3 Å². The number of nitrogens with two attached hydrogens (primary N) is 1. The molecule has 2 N–H and O–H groups in total. The zero-order valence-corrected chi connectivity index (χ0v) is 12.2. The summed E-state index contributed by atoms with van der Waals surface area (Å²) in [4.78, 5) is 11.6. The number of nitrogen functional groups attached to an aromatic ring is 1. The van der Waals surface area contributed by atoms with Gasteiger partial charge >= 0.3 is 5.97 Å². The van der Waals surface area contributed by atoms with Crippen molar-refractivity contribution in [1.82, 2.24) is 0 Å². The number of carbonyl (C=O) groups excluding carboxylic acids is 1. The van der Waals surface area contributed by atoms with Crippen LogP contribution in [0.5, 0.6) is 17.2 Å². The van der Waals surface area contributed by atoms with Gasteiger partial charge in [-0.05, 0) is 42.8 Å². The molecule has 0 unspecified atom stereocenters. The molecule has 2 rings (SSSR count). The van der Waals surface area contributed by atoms with Gasteiger partial charge in [-0.1, -0.05) is 6.07 Å². The number of esters is 1. The Balaban J connectivity index is 2.34. The molecule has 0 spiro atoms. The first-order valence-electron chi connectivity index (χ1n) is 6.35. The molecule has 0 fully saturated rings. The highest BCUT2D eigenvalue weighted by Crippen LogP contribution is 2.33. The maximum Gasteiger partial charge on any atom is 0.340 e. The minimum Gasteiger partial charge on any atom is -0.493 e. The Bertz CT molecular complexity index is 667. The van der Waals surface area contributed by atoms with Crippen molar-refractivity contribution in [3.63, 3.8) is 0 Å². The van der Waals surface area contributed by atoms with E-state index in [1.165, 1.54) is 7.11 Å². The number of rotatable bonds is 4. The molecule has 5 heteroatoms. The largest absolute Gasteiger partial charge is 0.493 e. The highest BCUT2D eigenvalue weighted by atomic mass is 16.5. The highest BCUT2D eigenvalue weighted by Gasteiger charge is 2.13. The van der Waals surface area contributed by atoms with E-state index in [-0.39, 0.29) is 5.56 Å². The lowest BCUT2D eigenvalue weighted by molar-refractivity contribution is 0.0601. The summed E-state index contributed by atoms with van der Waals surface area (Å²) in [5.74, 6) is 1.15. The van der Waals surface area contributed by atoms with E-state index in [2.05, 4.69) is 4.74 Å². The van der Waals surface area contributed by atoms with Crippen molar-refractivity contribution in [3.05, 3.63) is 47.5 Å². The van der Waals surface area contributed by atoms with Gasteiger partial charge in [0.15, 0.2) is 11.5 Å². The van der Waals surface area contributed by atoms with Gasteiger partial charge in [0, 0.05) is 5.69 Å². The summed E-state index contributed by atoms with van der Waals surface area (Å²) in [6.45, 7) is 1.96. The molecule has 0 amide bonds. The molecule has 2 aromatic rings. The van der Waals surface area contributed by atoms with Crippen LogP contribution in [-0.2, 0) is 4.74 Å². The third-order valence-electron chi connectivity index (χ3n) is 2.98. The molecule has 0 bridgehead atoms. The lowest BCUT2D eigenvalue weighted by atomic mass is 10.1. The van der Waals surface area contributed by atoms with Gasteiger partial charge in [0.1, 0.15) is 5.75 Å². The average molecular weight is 287 g/mol. The third kappa shape index (κ3) is 3.25. The van der Waals surface area contributed by atoms with Gasteiger partial charge < -0.3 is 19.9 Å². The molecule has 110 valence electrons. The van der Waals surface area contributed by atoms with E-state index in [0.29, 0.717) is 22.9 Å². The van der Waals surface area contributed by atoms with E-state index >= 15 is 0 Å². The minimum atomic E-state index is -0.506. The maximum atomic E-state index is 11.6. The van der Waals surface area contributed by atoms with Crippen molar-refractivity contribution < 1.29 is 19.0 Å². The van der Waals surface area contributed by atoms with E-state index in [1.807, 2.05) is 25.1 Å². The van der Waals surface area contributed by atoms with Gasteiger partial charge in [-0.3, -0.25) is 0 Å². The van der Waals surface area contributed by atoms with Gasteiger partial charge in [0.05, 0.1) is 19.8 Å². The summed E-state index contributed by atoms with van der Waals surface area (Å²) in [5.41, 5.74) is 7.42. The Labute approximate surface area is 123 Å². The molecular formula is C16H17NO4. The molecule has 0 aliphatic rings.